The van der Waals surface area contributed by atoms with Gasteiger partial charge in [-0.1, -0.05) is 220 Å². The molecule has 80 heavy (non-hydrogen) atoms. The molecule has 2 fully saturated rings. The average molecular weight is 1130 g/mol. The van der Waals surface area contributed by atoms with Crippen molar-refractivity contribution in [3.05, 3.63) is 109 Å². The van der Waals surface area contributed by atoms with Crippen LogP contribution in [0.1, 0.15) is 206 Å². The largest absolute Gasteiger partial charge is 0.394 e. The number of carbonyl (C=O) groups excluding carboxylic acids is 1. The fraction of sp³-hybridized carbons (Fsp3) is 0.712. The molecule has 1 amide bonds. The van der Waals surface area contributed by atoms with Gasteiger partial charge in [0.25, 0.3) is 0 Å². The summed E-state index contributed by atoms with van der Waals surface area (Å²) in [6, 6.07) is -0.951. The second-order valence-corrected chi connectivity index (χ2v) is 21.4. The summed E-state index contributed by atoms with van der Waals surface area (Å²) in [5.74, 6) is -0.272. The number of carbonyl (C=O) groups is 1. The van der Waals surface area contributed by atoms with Crippen molar-refractivity contribution in [3.63, 3.8) is 0 Å². The van der Waals surface area contributed by atoms with E-state index in [-0.39, 0.29) is 18.9 Å². The van der Waals surface area contributed by atoms with Crippen molar-refractivity contribution in [1.82, 2.24) is 5.32 Å². The number of nitrogens with one attached hydrogen (secondary N) is 1. The summed E-state index contributed by atoms with van der Waals surface area (Å²) < 4.78 is 22.8. The van der Waals surface area contributed by atoms with E-state index in [1.165, 1.54) is 83.5 Å². The van der Waals surface area contributed by atoms with E-state index in [0.29, 0.717) is 12.8 Å². The van der Waals surface area contributed by atoms with Crippen LogP contribution in [0.5, 0.6) is 0 Å². The third kappa shape index (κ3) is 34.9. The number of amides is 1. The van der Waals surface area contributed by atoms with Gasteiger partial charge in [0.1, 0.15) is 48.8 Å². The molecule has 0 aromatic heterocycles. The summed E-state index contributed by atoms with van der Waals surface area (Å²) in [6.07, 6.45) is 54.1. The number of aliphatic hydroxyl groups excluding tert-OH is 8. The van der Waals surface area contributed by atoms with Crippen LogP contribution in [0.4, 0.5) is 0 Å². The first-order chi connectivity index (χ1) is 39.1. The van der Waals surface area contributed by atoms with Crippen LogP contribution < -0.4 is 5.32 Å². The zero-order chi connectivity index (χ0) is 58.1. The molecule has 12 atom stereocenters. The van der Waals surface area contributed by atoms with Gasteiger partial charge in [-0.2, -0.15) is 0 Å². The van der Waals surface area contributed by atoms with Crippen molar-refractivity contribution in [2.45, 2.75) is 280 Å². The van der Waals surface area contributed by atoms with Crippen LogP contribution in [0, 0.1) is 0 Å². The van der Waals surface area contributed by atoms with E-state index in [2.05, 4.69) is 116 Å². The highest BCUT2D eigenvalue weighted by Gasteiger charge is 2.51. The molecule has 2 rings (SSSR count). The molecular weight excluding hydrogens is 1010 g/mol. The van der Waals surface area contributed by atoms with E-state index in [1.54, 1.807) is 6.08 Å². The van der Waals surface area contributed by atoms with E-state index in [1.807, 2.05) is 6.08 Å². The number of ether oxygens (including phenoxy) is 4. The molecule has 9 N–H and O–H groups in total. The monoisotopic (exact) mass is 1130 g/mol. The minimum absolute atomic E-state index is 0.244. The maximum absolute atomic E-state index is 13.3. The Bertz CT molecular complexity index is 1760. The van der Waals surface area contributed by atoms with Crippen LogP contribution in [0.25, 0.3) is 0 Å². The third-order valence-electron chi connectivity index (χ3n) is 14.4. The fourth-order valence-electron chi connectivity index (χ4n) is 9.46. The van der Waals surface area contributed by atoms with Crippen LogP contribution in [0.15, 0.2) is 109 Å². The topological polar surface area (TPSA) is 228 Å². The van der Waals surface area contributed by atoms with Crippen molar-refractivity contribution in [1.29, 1.82) is 0 Å². The van der Waals surface area contributed by atoms with Gasteiger partial charge in [-0.3, -0.25) is 4.79 Å². The molecule has 14 nitrogen and oxygen atoms in total. The maximum atomic E-state index is 13.3. The number of hydrogen-bond acceptors (Lipinski definition) is 13. The van der Waals surface area contributed by atoms with E-state index in [9.17, 15) is 45.6 Å². The highest BCUT2D eigenvalue weighted by molar-refractivity contribution is 5.76. The summed E-state index contributed by atoms with van der Waals surface area (Å²) in [4.78, 5) is 13.3. The van der Waals surface area contributed by atoms with Gasteiger partial charge in [-0.25, -0.2) is 0 Å². The van der Waals surface area contributed by atoms with Crippen molar-refractivity contribution in [2.24, 2.45) is 0 Å². The van der Waals surface area contributed by atoms with Gasteiger partial charge in [0.05, 0.1) is 32.0 Å². The van der Waals surface area contributed by atoms with Crippen LogP contribution in [-0.2, 0) is 23.7 Å². The van der Waals surface area contributed by atoms with Gasteiger partial charge >= 0.3 is 0 Å². The molecule has 0 saturated carbocycles. The van der Waals surface area contributed by atoms with Gasteiger partial charge in [-0.15, -0.1) is 0 Å². The molecule has 12 unspecified atom stereocenters. The van der Waals surface area contributed by atoms with Gasteiger partial charge < -0.3 is 65.1 Å². The minimum Gasteiger partial charge on any atom is -0.394 e. The Balaban J connectivity index is 1.78. The highest BCUT2D eigenvalue weighted by Crippen LogP contribution is 2.30. The quantitative estimate of drug-likeness (QED) is 0.0204. The van der Waals surface area contributed by atoms with Crippen LogP contribution in [0.2, 0.25) is 0 Å². The highest BCUT2D eigenvalue weighted by atomic mass is 16.7. The Morgan fingerprint density at radius 1 is 0.463 bits per heavy atom. The average Bonchev–Trinajstić information content (AvgIpc) is 3.49. The fourth-order valence-corrected chi connectivity index (χ4v) is 9.46. The standard InChI is InChI=1S/C66H111NO13/c1-3-5-7-9-11-13-15-17-19-21-23-24-25-26-27-28-29-30-32-34-36-38-40-42-44-46-48-50-58(71)67-54(55(70)49-47-45-43-41-39-37-35-33-31-22-20-18-16-14-12-10-8-6-4-2)53-77-65-63(76)61(74)64(57(52-69)79-65)80-66-62(75)60(73)59(72)56(51-68)78-66/h5,7,11,13,17,19,23-24,26-27,29-30,34,36,39,41,47,49,54-57,59-66,68-70,72-76H,3-4,6,8-10,12,14-16,18,20-22,25,28,31-33,35,37-38,40,42-46,48,50-53H2,1-2H3,(H,67,71)/b7-5-,13-11-,19-17-,24-23-,27-26-,30-29-,36-34-,41-39+,49-47+. The summed E-state index contributed by atoms with van der Waals surface area (Å²) in [7, 11) is 0. The lowest BCUT2D eigenvalue weighted by molar-refractivity contribution is -0.359. The van der Waals surface area contributed by atoms with E-state index in [4.69, 9.17) is 18.9 Å². The zero-order valence-corrected chi connectivity index (χ0v) is 49.3. The molecule has 0 bridgehead atoms. The Labute approximate surface area is 483 Å². The Hall–Kier alpha value is -3.35. The Morgan fingerprint density at radius 3 is 1.38 bits per heavy atom. The van der Waals surface area contributed by atoms with Crippen molar-refractivity contribution in [2.75, 3.05) is 19.8 Å². The van der Waals surface area contributed by atoms with E-state index < -0.39 is 86.8 Å². The third-order valence-corrected chi connectivity index (χ3v) is 14.4. The SMILES string of the molecule is CC/C=C\C/C=C\C/C=C\C/C=C\C/C=C\C/C=C\C/C=C\CCCCCCCC(=O)NC(COC1OC(CO)C(OC2OC(CO)C(O)C(O)C2O)C(O)C1O)C(O)/C=C/CC/C=C/CCCCCCCCCCCCCCC. The number of aliphatic hydroxyl groups is 8. The second-order valence-electron chi connectivity index (χ2n) is 21.4. The molecule has 2 heterocycles. The van der Waals surface area contributed by atoms with Crippen molar-refractivity contribution in [3.8, 4) is 0 Å². The molecule has 2 aliphatic rings. The normalized spacial score (nSPS) is 25.0. The number of unbranched alkanes of at least 4 members (excludes halogenated alkanes) is 19. The summed E-state index contributed by atoms with van der Waals surface area (Å²) in [6.45, 7) is 2.64. The lowest BCUT2D eigenvalue weighted by atomic mass is 9.97. The summed E-state index contributed by atoms with van der Waals surface area (Å²) in [5.41, 5.74) is 0. The van der Waals surface area contributed by atoms with Crippen LogP contribution in [0.3, 0.4) is 0 Å². The molecule has 458 valence electrons. The molecular formula is C66H111NO13. The summed E-state index contributed by atoms with van der Waals surface area (Å²) >= 11 is 0. The van der Waals surface area contributed by atoms with Gasteiger partial charge in [0.2, 0.25) is 5.91 Å². The smallest absolute Gasteiger partial charge is 0.220 e. The van der Waals surface area contributed by atoms with E-state index >= 15 is 0 Å². The predicted octanol–water partition coefficient (Wildman–Crippen LogP) is 11.2. The molecule has 2 saturated heterocycles. The number of allylic oxidation sites excluding steroid dienone is 17. The van der Waals surface area contributed by atoms with Crippen LogP contribution >= 0.6 is 0 Å². The number of hydrogen-bond donors (Lipinski definition) is 9. The molecule has 0 aliphatic carbocycles. The first kappa shape index (κ1) is 72.8. The lowest BCUT2D eigenvalue weighted by Crippen LogP contribution is -2.65. The Morgan fingerprint density at radius 2 is 0.875 bits per heavy atom. The maximum Gasteiger partial charge on any atom is 0.220 e. The van der Waals surface area contributed by atoms with Gasteiger partial charge in [0, 0.05) is 6.42 Å². The number of rotatable bonds is 48. The molecule has 0 aromatic rings. The zero-order valence-electron chi connectivity index (χ0n) is 49.3. The van der Waals surface area contributed by atoms with Crippen molar-refractivity contribution >= 4 is 5.91 Å². The van der Waals surface area contributed by atoms with Crippen molar-refractivity contribution < 1.29 is 64.6 Å². The molecule has 2 aliphatic heterocycles. The Kier molecular flexibility index (Phi) is 45.6. The lowest BCUT2D eigenvalue weighted by Gasteiger charge is -2.46. The van der Waals surface area contributed by atoms with Gasteiger partial charge in [0.15, 0.2) is 12.6 Å². The molecule has 0 aromatic carbocycles. The molecule has 0 radical (unpaired) electrons. The summed E-state index contributed by atoms with van der Waals surface area (Å²) in [5, 5.41) is 87.2. The second kappa shape index (κ2) is 50.2. The van der Waals surface area contributed by atoms with E-state index in [0.717, 1.165) is 89.9 Å². The first-order valence-electron chi connectivity index (χ1n) is 31.1. The first-order valence-corrected chi connectivity index (χ1v) is 31.1. The minimum atomic E-state index is -1.80. The van der Waals surface area contributed by atoms with Gasteiger partial charge in [-0.05, 0) is 89.9 Å². The van der Waals surface area contributed by atoms with Crippen LogP contribution in [-0.4, -0.2) is 140 Å². The molecule has 0 spiro atoms. The molecule has 14 heteroatoms. The predicted molar refractivity (Wildman–Crippen MR) is 322 cm³/mol.